The molecule has 0 saturated carbocycles. The highest BCUT2D eigenvalue weighted by atomic mass is 16.7. The molecule has 0 aromatic heterocycles. The van der Waals surface area contributed by atoms with Crippen LogP contribution in [0.5, 0.6) is 17.2 Å². The quantitative estimate of drug-likeness (QED) is 0.0704. The Labute approximate surface area is 298 Å². The van der Waals surface area contributed by atoms with Crippen LogP contribution in [0.1, 0.15) is 79.1 Å². The minimum Gasteiger partial charge on any atom is -0.507 e. The molecule has 6 rings (SSSR count). The second-order valence-electron chi connectivity index (χ2n) is 12.8. The van der Waals surface area contributed by atoms with Crippen LogP contribution in [0.4, 0.5) is 0 Å². The normalized spacial score (nSPS) is 21.2. The molecule has 1 saturated heterocycles. The summed E-state index contributed by atoms with van der Waals surface area (Å²) >= 11 is 0. The smallest absolute Gasteiger partial charge is 0.308 e. The van der Waals surface area contributed by atoms with E-state index >= 15 is 0 Å². The fourth-order valence-electron chi connectivity index (χ4n) is 6.52. The van der Waals surface area contributed by atoms with E-state index < -0.39 is 54.0 Å². The predicted molar refractivity (Wildman–Crippen MR) is 187 cm³/mol. The van der Waals surface area contributed by atoms with Gasteiger partial charge in [0.15, 0.2) is 11.6 Å². The second kappa shape index (κ2) is 15.2. The van der Waals surface area contributed by atoms with E-state index in [0.717, 1.165) is 5.56 Å². The number of aromatic hydroxyl groups is 1. The molecule has 5 atom stereocenters. The maximum Gasteiger partial charge on any atom is 0.308 e. The van der Waals surface area contributed by atoms with Gasteiger partial charge in [-0.1, -0.05) is 54.6 Å². The second-order valence-corrected chi connectivity index (χ2v) is 12.8. The molecule has 4 aromatic carbocycles. The molecule has 0 amide bonds. The fraction of sp³-hybridized carbons (Fsp3) is 0.275. The molecule has 0 radical (unpaired) electrons. The number of benzene rings is 4. The lowest BCUT2D eigenvalue weighted by Gasteiger charge is -2.39. The average molecular weight is 711 g/mol. The molecule has 1 fully saturated rings. The van der Waals surface area contributed by atoms with Crippen molar-refractivity contribution in [1.82, 2.24) is 0 Å². The summed E-state index contributed by atoms with van der Waals surface area (Å²) in [6.45, 7) is 2.37. The Hall–Kier alpha value is -5.21. The number of ether oxygens (including phenoxy) is 3. The summed E-state index contributed by atoms with van der Waals surface area (Å²) in [6, 6.07) is 18.1. The van der Waals surface area contributed by atoms with Gasteiger partial charge < -0.3 is 44.8 Å². The molecule has 52 heavy (non-hydrogen) atoms. The van der Waals surface area contributed by atoms with E-state index in [2.05, 4.69) is 0 Å². The van der Waals surface area contributed by atoms with Crippen LogP contribution in [0.15, 0.2) is 66.7 Å². The van der Waals surface area contributed by atoms with Gasteiger partial charge in [-0.25, -0.2) is 0 Å². The first-order chi connectivity index (χ1) is 24.9. The Kier molecular flexibility index (Phi) is 10.7. The Balaban J connectivity index is 1.50. The molecule has 4 aromatic rings. The lowest BCUT2D eigenvalue weighted by molar-refractivity contribution is -0.268. The third-order valence-electron chi connectivity index (χ3n) is 9.17. The van der Waals surface area contributed by atoms with E-state index in [-0.39, 0.29) is 64.5 Å². The van der Waals surface area contributed by atoms with Gasteiger partial charge in [0.2, 0.25) is 6.29 Å². The van der Waals surface area contributed by atoms with Crippen molar-refractivity contribution in [3.63, 3.8) is 0 Å². The van der Waals surface area contributed by atoms with Crippen molar-refractivity contribution in [1.29, 1.82) is 0 Å². The van der Waals surface area contributed by atoms with Crippen molar-refractivity contribution >= 4 is 29.7 Å². The SMILES string of the molecule is CC(=O)Oc1ccc2c(c1C=Cc1cccc(CCO)c1)C(=O)c1cc(OC3OC(C)C(O)C(O)C3O)c(Cc3cccc(CO)c3)c(O)c1C2=O. The summed E-state index contributed by atoms with van der Waals surface area (Å²) in [4.78, 5) is 40.9. The molecule has 12 heteroatoms. The summed E-state index contributed by atoms with van der Waals surface area (Å²) in [5.41, 5.74) is 2.29. The van der Waals surface area contributed by atoms with E-state index in [4.69, 9.17) is 14.2 Å². The maximum atomic E-state index is 14.5. The van der Waals surface area contributed by atoms with Crippen molar-refractivity contribution in [2.45, 2.75) is 64.0 Å². The van der Waals surface area contributed by atoms with Crippen LogP contribution >= 0.6 is 0 Å². The number of carbonyl (C=O) groups is 3. The highest BCUT2D eigenvalue weighted by molar-refractivity contribution is 6.31. The van der Waals surface area contributed by atoms with Crippen LogP contribution in [0.3, 0.4) is 0 Å². The van der Waals surface area contributed by atoms with Gasteiger partial charge in [-0.15, -0.1) is 0 Å². The first-order valence-corrected chi connectivity index (χ1v) is 16.7. The van der Waals surface area contributed by atoms with Crippen molar-refractivity contribution in [3.05, 3.63) is 122 Å². The van der Waals surface area contributed by atoms with E-state index in [1.807, 2.05) is 12.1 Å². The van der Waals surface area contributed by atoms with E-state index in [0.29, 0.717) is 23.1 Å². The fourth-order valence-corrected chi connectivity index (χ4v) is 6.52. The number of phenolic OH excluding ortho intramolecular Hbond substituents is 1. The van der Waals surface area contributed by atoms with Crippen molar-refractivity contribution in [3.8, 4) is 17.2 Å². The first kappa shape index (κ1) is 36.6. The van der Waals surface area contributed by atoms with E-state index in [1.54, 1.807) is 48.6 Å². The standard InChI is InChI=1S/C40H38O12/c1-20-34(44)38(48)39(49)40(50-20)52-31-18-29-33(36(46)28(31)17-24-7-4-8-25(16-24)19-42)35(45)27-11-12-30(51-21(2)43)26(32(27)37(29)47)10-9-22-5-3-6-23(15-22)13-14-41/h3-12,15-16,18,20,34,38-42,44,46,48-49H,13-14,17,19H2,1-2H3. The minimum absolute atomic E-state index is 0.0138. The minimum atomic E-state index is -1.73. The van der Waals surface area contributed by atoms with Gasteiger partial charge in [0, 0.05) is 47.8 Å². The zero-order valence-corrected chi connectivity index (χ0v) is 28.4. The molecule has 1 heterocycles. The van der Waals surface area contributed by atoms with Crippen molar-refractivity contribution in [2.75, 3.05) is 6.61 Å². The summed E-state index contributed by atoms with van der Waals surface area (Å²) in [5, 5.41) is 62.4. The molecular weight excluding hydrogens is 672 g/mol. The largest absolute Gasteiger partial charge is 0.507 e. The third-order valence-corrected chi connectivity index (χ3v) is 9.17. The summed E-state index contributed by atoms with van der Waals surface area (Å²) in [5.74, 6) is -2.75. The number of hydrogen-bond donors (Lipinski definition) is 6. The van der Waals surface area contributed by atoms with Gasteiger partial charge >= 0.3 is 5.97 Å². The summed E-state index contributed by atoms with van der Waals surface area (Å²) in [7, 11) is 0. The van der Waals surface area contributed by atoms with Gasteiger partial charge in [-0.3, -0.25) is 14.4 Å². The van der Waals surface area contributed by atoms with Gasteiger partial charge in [-0.2, -0.15) is 0 Å². The first-order valence-electron chi connectivity index (χ1n) is 16.7. The predicted octanol–water partition coefficient (Wildman–Crippen LogP) is 3.09. The molecule has 270 valence electrons. The Morgan fingerprint density at radius 2 is 1.52 bits per heavy atom. The molecule has 1 aliphatic carbocycles. The van der Waals surface area contributed by atoms with Gasteiger partial charge in [0.1, 0.15) is 35.6 Å². The third kappa shape index (κ3) is 7.13. The molecule has 6 N–H and O–H groups in total. The highest BCUT2D eigenvalue weighted by Gasteiger charge is 2.44. The van der Waals surface area contributed by atoms with Crippen LogP contribution in [0, 0.1) is 0 Å². The number of hydrogen-bond acceptors (Lipinski definition) is 12. The summed E-state index contributed by atoms with van der Waals surface area (Å²) in [6.07, 6.45) is -3.70. The monoisotopic (exact) mass is 710 g/mol. The maximum absolute atomic E-state index is 14.5. The topological polar surface area (TPSA) is 200 Å². The number of ketones is 2. The molecule has 2 aliphatic rings. The van der Waals surface area contributed by atoms with Gasteiger partial charge in [-0.05, 0) is 59.9 Å². The molecule has 1 aliphatic heterocycles. The Morgan fingerprint density at radius 3 is 2.25 bits per heavy atom. The molecule has 5 unspecified atom stereocenters. The van der Waals surface area contributed by atoms with Crippen molar-refractivity contribution in [2.24, 2.45) is 0 Å². The number of phenols is 1. The van der Waals surface area contributed by atoms with Crippen LogP contribution in [-0.2, 0) is 29.0 Å². The Morgan fingerprint density at radius 1 is 0.808 bits per heavy atom. The summed E-state index contributed by atoms with van der Waals surface area (Å²) < 4.78 is 17.2. The van der Waals surface area contributed by atoms with Crippen LogP contribution in [0.25, 0.3) is 12.2 Å². The highest BCUT2D eigenvalue weighted by Crippen LogP contribution is 2.44. The van der Waals surface area contributed by atoms with Crippen molar-refractivity contribution < 1.29 is 59.2 Å². The number of carbonyl (C=O) groups excluding carboxylic acids is 3. The number of rotatable bonds is 10. The van der Waals surface area contributed by atoms with Gasteiger partial charge in [0.05, 0.1) is 18.3 Å². The number of aliphatic hydroxyl groups excluding tert-OH is 5. The Bertz CT molecular complexity index is 2070. The lowest BCUT2D eigenvalue weighted by atomic mass is 9.79. The average Bonchev–Trinajstić information content (AvgIpc) is 3.12. The van der Waals surface area contributed by atoms with Crippen LogP contribution in [0.2, 0.25) is 0 Å². The number of aliphatic hydroxyl groups is 5. The van der Waals surface area contributed by atoms with E-state index in [9.17, 15) is 45.0 Å². The van der Waals surface area contributed by atoms with Crippen LogP contribution < -0.4 is 9.47 Å². The molecule has 0 bridgehead atoms. The molecule has 12 nitrogen and oxygen atoms in total. The van der Waals surface area contributed by atoms with E-state index in [1.165, 1.54) is 32.0 Å². The number of fused-ring (bicyclic) bond motifs is 2. The molecule has 0 spiro atoms. The zero-order chi connectivity index (χ0) is 37.3. The molecular formula is C40H38O12. The lowest BCUT2D eigenvalue weighted by Crippen LogP contribution is -2.58. The number of esters is 1. The van der Waals surface area contributed by atoms with Crippen LogP contribution in [-0.4, -0.2) is 85.5 Å². The van der Waals surface area contributed by atoms with Gasteiger partial charge in [0.25, 0.3) is 0 Å². The zero-order valence-electron chi connectivity index (χ0n) is 28.4.